The molecule has 0 amide bonds. The number of hydrogen-bond donors (Lipinski definition) is 1. The van der Waals surface area contributed by atoms with Gasteiger partial charge in [-0.15, -0.1) is 0 Å². The predicted molar refractivity (Wildman–Crippen MR) is 79.6 cm³/mol. The molecule has 0 aliphatic carbocycles. The second kappa shape index (κ2) is 8.81. The van der Waals surface area contributed by atoms with Crippen LogP contribution in [0.5, 0.6) is 0 Å². The van der Waals surface area contributed by atoms with E-state index in [1.54, 1.807) is 0 Å². The van der Waals surface area contributed by atoms with Crippen LogP contribution in [0.25, 0.3) is 0 Å². The normalized spacial score (nSPS) is 11.9. The molecule has 0 aliphatic heterocycles. The molecular formula is C15H22ClNO2. The minimum absolute atomic E-state index is 0.196. The first-order valence-electron chi connectivity index (χ1n) is 6.86. The van der Waals surface area contributed by atoms with Crippen molar-refractivity contribution < 1.29 is 9.53 Å². The molecule has 0 bridgehead atoms. The monoisotopic (exact) mass is 283 g/mol. The maximum Gasteiger partial charge on any atom is 0.328 e. The molecule has 0 aliphatic rings. The Hall–Kier alpha value is -1.22. The highest BCUT2D eigenvalue weighted by Gasteiger charge is 2.19. The molecule has 1 rings (SSSR count). The van der Waals surface area contributed by atoms with E-state index in [0.717, 1.165) is 31.4 Å². The highest BCUT2D eigenvalue weighted by Crippen LogP contribution is 2.18. The van der Waals surface area contributed by atoms with Gasteiger partial charge in [0.05, 0.1) is 6.61 Å². The van der Waals surface area contributed by atoms with Crippen LogP contribution in [0.3, 0.4) is 0 Å². The zero-order valence-corrected chi connectivity index (χ0v) is 12.4. The number of halogens is 1. The number of benzene rings is 1. The highest BCUT2D eigenvalue weighted by atomic mass is 35.5. The van der Waals surface area contributed by atoms with E-state index in [4.69, 9.17) is 16.3 Å². The molecule has 1 N–H and O–H groups in total. The number of hydrogen-bond acceptors (Lipinski definition) is 3. The lowest BCUT2D eigenvalue weighted by atomic mass is 10.1. The fourth-order valence-corrected chi connectivity index (χ4v) is 2.06. The topological polar surface area (TPSA) is 38.3 Å². The van der Waals surface area contributed by atoms with Crippen molar-refractivity contribution in [2.75, 3.05) is 11.9 Å². The standard InChI is InChI=1S/C15H22ClNO2/c1-3-5-6-10-14(15(18)19-4-2)17-13-9-7-8-12(16)11-13/h7-9,11,14,17H,3-6,10H2,1-2H3. The average Bonchev–Trinajstić information content (AvgIpc) is 2.38. The highest BCUT2D eigenvalue weighted by molar-refractivity contribution is 6.30. The van der Waals surface area contributed by atoms with Gasteiger partial charge in [-0.2, -0.15) is 0 Å². The zero-order valence-electron chi connectivity index (χ0n) is 11.6. The molecule has 0 saturated heterocycles. The Balaban J connectivity index is 2.64. The van der Waals surface area contributed by atoms with Crippen LogP contribution in [0, 0.1) is 0 Å². The zero-order chi connectivity index (χ0) is 14.1. The van der Waals surface area contributed by atoms with Gasteiger partial charge < -0.3 is 10.1 Å². The Bertz CT molecular complexity index is 395. The number of nitrogens with one attached hydrogen (secondary N) is 1. The molecule has 0 spiro atoms. The summed E-state index contributed by atoms with van der Waals surface area (Å²) in [5.74, 6) is -0.196. The van der Waals surface area contributed by atoms with Crippen LogP contribution in [0.15, 0.2) is 24.3 Å². The summed E-state index contributed by atoms with van der Waals surface area (Å²) >= 11 is 5.94. The van der Waals surface area contributed by atoms with Crippen molar-refractivity contribution in [3.05, 3.63) is 29.3 Å². The quantitative estimate of drug-likeness (QED) is 0.572. The molecule has 1 aromatic carbocycles. The summed E-state index contributed by atoms with van der Waals surface area (Å²) in [5.41, 5.74) is 0.849. The van der Waals surface area contributed by atoms with Crippen LogP contribution in [-0.2, 0) is 9.53 Å². The number of anilines is 1. The Kier molecular flexibility index (Phi) is 7.34. The first-order valence-corrected chi connectivity index (χ1v) is 7.24. The first-order chi connectivity index (χ1) is 9.17. The predicted octanol–water partition coefficient (Wildman–Crippen LogP) is 4.26. The number of carbonyl (C=O) groups excluding carboxylic acids is 1. The molecule has 0 aromatic heterocycles. The second-order valence-electron chi connectivity index (χ2n) is 4.46. The number of esters is 1. The number of carbonyl (C=O) groups is 1. The largest absolute Gasteiger partial charge is 0.464 e. The Morgan fingerprint density at radius 2 is 2.16 bits per heavy atom. The van der Waals surface area contributed by atoms with Crippen LogP contribution >= 0.6 is 11.6 Å². The van der Waals surface area contributed by atoms with Gasteiger partial charge >= 0.3 is 5.97 Å². The van der Waals surface area contributed by atoms with Crippen molar-refractivity contribution >= 4 is 23.3 Å². The van der Waals surface area contributed by atoms with E-state index in [-0.39, 0.29) is 12.0 Å². The molecule has 106 valence electrons. The lowest BCUT2D eigenvalue weighted by Gasteiger charge is -2.18. The van der Waals surface area contributed by atoms with Gasteiger partial charge in [0.15, 0.2) is 0 Å². The van der Waals surface area contributed by atoms with Crippen molar-refractivity contribution in [1.82, 2.24) is 0 Å². The van der Waals surface area contributed by atoms with Crippen LogP contribution in [-0.4, -0.2) is 18.6 Å². The van der Waals surface area contributed by atoms with Gasteiger partial charge in [-0.1, -0.05) is 43.9 Å². The lowest BCUT2D eigenvalue weighted by Crippen LogP contribution is -2.31. The summed E-state index contributed by atoms with van der Waals surface area (Å²) in [5, 5.41) is 3.86. The van der Waals surface area contributed by atoms with Gasteiger partial charge in [-0.05, 0) is 31.5 Å². The summed E-state index contributed by atoms with van der Waals surface area (Å²) in [4.78, 5) is 11.9. The molecular weight excluding hydrogens is 262 g/mol. The number of ether oxygens (including phenoxy) is 1. The van der Waals surface area contributed by atoms with Gasteiger partial charge in [-0.25, -0.2) is 4.79 Å². The molecule has 0 radical (unpaired) electrons. The maximum atomic E-state index is 11.9. The first kappa shape index (κ1) is 15.8. The third-order valence-electron chi connectivity index (χ3n) is 2.83. The van der Waals surface area contributed by atoms with E-state index in [1.165, 1.54) is 0 Å². The SMILES string of the molecule is CCCCCC(Nc1cccc(Cl)c1)C(=O)OCC. The minimum Gasteiger partial charge on any atom is -0.464 e. The Morgan fingerprint density at radius 3 is 2.79 bits per heavy atom. The maximum absolute atomic E-state index is 11.9. The van der Waals surface area contributed by atoms with E-state index >= 15 is 0 Å². The summed E-state index contributed by atoms with van der Waals surface area (Å²) in [6, 6.07) is 7.08. The van der Waals surface area contributed by atoms with Crippen molar-refractivity contribution in [3.8, 4) is 0 Å². The van der Waals surface area contributed by atoms with E-state index in [0.29, 0.717) is 11.6 Å². The molecule has 19 heavy (non-hydrogen) atoms. The Morgan fingerprint density at radius 1 is 1.37 bits per heavy atom. The van der Waals surface area contributed by atoms with Gasteiger partial charge in [0.1, 0.15) is 6.04 Å². The molecule has 0 fully saturated rings. The summed E-state index contributed by atoms with van der Waals surface area (Å²) < 4.78 is 5.10. The Labute approximate surface area is 120 Å². The molecule has 3 nitrogen and oxygen atoms in total. The third-order valence-corrected chi connectivity index (χ3v) is 3.07. The van der Waals surface area contributed by atoms with Crippen LogP contribution in [0.1, 0.15) is 39.5 Å². The average molecular weight is 284 g/mol. The van der Waals surface area contributed by atoms with E-state index in [1.807, 2.05) is 31.2 Å². The van der Waals surface area contributed by atoms with E-state index < -0.39 is 0 Å². The fourth-order valence-electron chi connectivity index (χ4n) is 1.87. The molecule has 1 atom stereocenters. The molecule has 0 saturated carbocycles. The molecule has 4 heteroatoms. The number of rotatable bonds is 8. The van der Waals surface area contributed by atoms with Crippen LogP contribution in [0.2, 0.25) is 5.02 Å². The van der Waals surface area contributed by atoms with Gasteiger partial charge in [-0.3, -0.25) is 0 Å². The van der Waals surface area contributed by atoms with Crippen molar-refractivity contribution in [1.29, 1.82) is 0 Å². The summed E-state index contributed by atoms with van der Waals surface area (Å²) in [7, 11) is 0. The second-order valence-corrected chi connectivity index (χ2v) is 4.89. The van der Waals surface area contributed by atoms with Gasteiger partial charge in [0.25, 0.3) is 0 Å². The third kappa shape index (κ3) is 5.97. The molecule has 1 aromatic rings. The lowest BCUT2D eigenvalue weighted by molar-refractivity contribution is -0.144. The van der Waals surface area contributed by atoms with Crippen LogP contribution < -0.4 is 5.32 Å². The van der Waals surface area contributed by atoms with Crippen molar-refractivity contribution in [2.24, 2.45) is 0 Å². The van der Waals surface area contributed by atoms with Crippen molar-refractivity contribution in [2.45, 2.75) is 45.6 Å². The van der Waals surface area contributed by atoms with Crippen molar-refractivity contribution in [3.63, 3.8) is 0 Å². The van der Waals surface area contributed by atoms with Gasteiger partial charge in [0, 0.05) is 10.7 Å². The van der Waals surface area contributed by atoms with Gasteiger partial charge in [0.2, 0.25) is 0 Å². The van der Waals surface area contributed by atoms with E-state index in [2.05, 4.69) is 12.2 Å². The number of unbranched alkanes of at least 4 members (excludes halogenated alkanes) is 2. The molecule has 1 unspecified atom stereocenters. The summed E-state index contributed by atoms with van der Waals surface area (Å²) in [6.45, 7) is 4.37. The minimum atomic E-state index is -0.301. The molecule has 0 heterocycles. The fraction of sp³-hybridized carbons (Fsp3) is 0.533. The summed E-state index contributed by atoms with van der Waals surface area (Å²) in [6.07, 6.45) is 4.03. The smallest absolute Gasteiger partial charge is 0.328 e. The van der Waals surface area contributed by atoms with Crippen LogP contribution in [0.4, 0.5) is 5.69 Å². The van der Waals surface area contributed by atoms with E-state index in [9.17, 15) is 4.79 Å².